The number of allylic oxidation sites excluding steroid dienone is 1. The first-order valence-electron chi connectivity index (χ1n) is 5.44. The van der Waals surface area contributed by atoms with Crippen LogP contribution in [0.5, 0.6) is 0 Å². The Hall–Kier alpha value is -1.93. The van der Waals surface area contributed by atoms with E-state index in [1.54, 1.807) is 0 Å². The largest absolute Gasteiger partial charge is 0.362 e. The molecule has 84 valence electrons. The number of para-hydroxylation sites is 1. The van der Waals surface area contributed by atoms with E-state index >= 15 is 0 Å². The van der Waals surface area contributed by atoms with Crippen molar-refractivity contribution < 1.29 is 0 Å². The smallest absolute Gasteiger partial charge is 0.0463 e. The summed E-state index contributed by atoms with van der Waals surface area (Å²) in [6.45, 7) is 0. The first kappa shape index (κ1) is 11.6. The molecule has 1 N–H and O–H groups in total. The molecule has 17 heavy (non-hydrogen) atoms. The number of anilines is 1. The quantitative estimate of drug-likeness (QED) is 0.491. The van der Waals surface area contributed by atoms with Gasteiger partial charge in [-0.15, -0.1) is 0 Å². The fourth-order valence-corrected chi connectivity index (χ4v) is 1.65. The molecule has 0 aliphatic rings. The summed E-state index contributed by atoms with van der Waals surface area (Å²) < 4.78 is 0. The molecular formula is C15H13NS. The molecular weight excluding hydrogens is 226 g/mol. The summed E-state index contributed by atoms with van der Waals surface area (Å²) in [5.41, 5.74) is 2.12. The summed E-state index contributed by atoms with van der Waals surface area (Å²) in [4.78, 5) is 0.828. The number of hydrogen-bond donors (Lipinski definition) is 1. The molecule has 2 aromatic carbocycles. The standard InChI is InChI=1S/C15H13NS/c17-15(13-7-3-1-4-8-13)11-12-16-14-9-5-2-6-10-14/h1-12,16H/b12-11+. The number of thiocarbonyl (C=S) groups is 1. The van der Waals surface area contributed by atoms with E-state index in [-0.39, 0.29) is 0 Å². The van der Waals surface area contributed by atoms with Gasteiger partial charge in [-0.05, 0) is 23.8 Å². The molecule has 2 heteroatoms. The van der Waals surface area contributed by atoms with Gasteiger partial charge in [-0.25, -0.2) is 0 Å². The van der Waals surface area contributed by atoms with E-state index in [9.17, 15) is 0 Å². The average molecular weight is 239 g/mol. The Bertz CT molecular complexity index is 503. The molecule has 1 nitrogen and oxygen atoms in total. The minimum Gasteiger partial charge on any atom is -0.362 e. The van der Waals surface area contributed by atoms with Gasteiger partial charge in [-0.2, -0.15) is 0 Å². The SMILES string of the molecule is S=C(/C=C/Nc1ccccc1)c1ccccc1. The van der Waals surface area contributed by atoms with E-state index in [1.165, 1.54) is 0 Å². The van der Waals surface area contributed by atoms with Gasteiger partial charge in [0.15, 0.2) is 0 Å². The summed E-state index contributed by atoms with van der Waals surface area (Å²) in [5, 5.41) is 3.18. The number of nitrogens with one attached hydrogen (secondary N) is 1. The van der Waals surface area contributed by atoms with Crippen molar-refractivity contribution in [2.75, 3.05) is 5.32 Å². The first-order chi connectivity index (χ1) is 8.36. The average Bonchev–Trinajstić information content (AvgIpc) is 2.41. The van der Waals surface area contributed by atoms with E-state index in [4.69, 9.17) is 12.2 Å². The van der Waals surface area contributed by atoms with Crippen molar-refractivity contribution in [2.24, 2.45) is 0 Å². The highest BCUT2D eigenvalue weighted by Crippen LogP contribution is 2.06. The zero-order valence-electron chi connectivity index (χ0n) is 9.34. The first-order valence-corrected chi connectivity index (χ1v) is 5.84. The third-order valence-electron chi connectivity index (χ3n) is 2.32. The highest BCUT2D eigenvalue weighted by Gasteiger charge is 1.94. The van der Waals surface area contributed by atoms with Crippen LogP contribution in [0.1, 0.15) is 5.56 Å². The molecule has 0 unspecified atom stereocenters. The van der Waals surface area contributed by atoms with Gasteiger partial charge in [0, 0.05) is 16.8 Å². The second kappa shape index (κ2) is 5.97. The molecule has 0 bridgehead atoms. The summed E-state index contributed by atoms with van der Waals surface area (Å²) in [7, 11) is 0. The van der Waals surface area contributed by atoms with Crippen LogP contribution >= 0.6 is 12.2 Å². The maximum absolute atomic E-state index is 5.31. The fourth-order valence-electron chi connectivity index (χ4n) is 1.45. The molecule has 0 spiro atoms. The van der Waals surface area contributed by atoms with Gasteiger partial charge in [-0.3, -0.25) is 0 Å². The molecule has 0 radical (unpaired) electrons. The third-order valence-corrected chi connectivity index (χ3v) is 2.69. The normalized spacial score (nSPS) is 10.4. The van der Waals surface area contributed by atoms with Crippen molar-refractivity contribution in [3.8, 4) is 0 Å². The molecule has 0 heterocycles. The molecule has 2 rings (SSSR count). The Balaban J connectivity index is 1.96. The number of hydrogen-bond acceptors (Lipinski definition) is 2. The van der Waals surface area contributed by atoms with Crippen molar-refractivity contribution in [2.45, 2.75) is 0 Å². The third kappa shape index (κ3) is 3.54. The van der Waals surface area contributed by atoms with E-state index in [1.807, 2.05) is 72.9 Å². The fraction of sp³-hybridized carbons (Fsp3) is 0. The molecule has 0 fully saturated rings. The van der Waals surface area contributed by atoms with Crippen LogP contribution < -0.4 is 5.32 Å². The van der Waals surface area contributed by atoms with Gasteiger partial charge in [0.25, 0.3) is 0 Å². The zero-order valence-corrected chi connectivity index (χ0v) is 10.2. The molecule has 0 atom stereocenters. The van der Waals surface area contributed by atoms with Gasteiger partial charge in [0.05, 0.1) is 0 Å². The van der Waals surface area contributed by atoms with Crippen LogP contribution in [0.4, 0.5) is 5.69 Å². The Kier molecular flexibility index (Phi) is 4.05. The Labute approximate surface area is 107 Å². The Morgan fingerprint density at radius 2 is 1.47 bits per heavy atom. The van der Waals surface area contributed by atoms with Crippen LogP contribution in [0.3, 0.4) is 0 Å². The second-order valence-electron chi connectivity index (χ2n) is 3.57. The Morgan fingerprint density at radius 3 is 2.12 bits per heavy atom. The highest BCUT2D eigenvalue weighted by atomic mass is 32.1. The zero-order chi connectivity index (χ0) is 11.9. The summed E-state index contributed by atoms with van der Waals surface area (Å²) in [6, 6.07) is 20.0. The lowest BCUT2D eigenvalue weighted by atomic mass is 10.1. The summed E-state index contributed by atoms with van der Waals surface area (Å²) in [6.07, 6.45) is 3.77. The van der Waals surface area contributed by atoms with Gasteiger partial charge in [0.1, 0.15) is 0 Å². The molecule has 0 aliphatic carbocycles. The Morgan fingerprint density at radius 1 is 0.882 bits per heavy atom. The molecule has 0 saturated heterocycles. The lowest BCUT2D eigenvalue weighted by Crippen LogP contribution is -1.94. The lowest BCUT2D eigenvalue weighted by molar-refractivity contribution is 1.58. The van der Waals surface area contributed by atoms with Gasteiger partial charge in [-0.1, -0.05) is 60.7 Å². The van der Waals surface area contributed by atoms with Gasteiger partial charge < -0.3 is 5.32 Å². The van der Waals surface area contributed by atoms with Crippen molar-refractivity contribution >= 4 is 22.8 Å². The maximum Gasteiger partial charge on any atom is 0.0463 e. The van der Waals surface area contributed by atoms with Gasteiger partial charge in [0.2, 0.25) is 0 Å². The van der Waals surface area contributed by atoms with E-state index in [2.05, 4.69) is 5.32 Å². The molecule has 2 aromatic rings. The van der Waals surface area contributed by atoms with Crippen molar-refractivity contribution in [1.29, 1.82) is 0 Å². The van der Waals surface area contributed by atoms with Crippen LogP contribution in [0.15, 0.2) is 72.9 Å². The minimum absolute atomic E-state index is 0.828. The van der Waals surface area contributed by atoms with Gasteiger partial charge >= 0.3 is 0 Å². The predicted octanol–water partition coefficient (Wildman–Crippen LogP) is 4.03. The summed E-state index contributed by atoms with van der Waals surface area (Å²) >= 11 is 5.31. The molecule has 0 amide bonds. The molecule has 0 saturated carbocycles. The van der Waals surface area contributed by atoms with E-state index in [0.29, 0.717) is 0 Å². The number of rotatable bonds is 4. The van der Waals surface area contributed by atoms with Crippen LogP contribution in [-0.4, -0.2) is 4.86 Å². The number of benzene rings is 2. The van der Waals surface area contributed by atoms with Crippen molar-refractivity contribution in [3.05, 3.63) is 78.5 Å². The monoisotopic (exact) mass is 239 g/mol. The van der Waals surface area contributed by atoms with Crippen LogP contribution in [0.25, 0.3) is 0 Å². The van der Waals surface area contributed by atoms with Crippen LogP contribution in [0, 0.1) is 0 Å². The van der Waals surface area contributed by atoms with Crippen LogP contribution in [0.2, 0.25) is 0 Å². The van der Waals surface area contributed by atoms with Crippen LogP contribution in [-0.2, 0) is 0 Å². The predicted molar refractivity (Wildman–Crippen MR) is 77.3 cm³/mol. The second-order valence-corrected chi connectivity index (χ2v) is 4.01. The topological polar surface area (TPSA) is 12.0 Å². The molecule has 0 aromatic heterocycles. The van der Waals surface area contributed by atoms with Crippen molar-refractivity contribution in [3.63, 3.8) is 0 Å². The van der Waals surface area contributed by atoms with Crippen molar-refractivity contribution in [1.82, 2.24) is 0 Å². The lowest BCUT2D eigenvalue weighted by Gasteiger charge is -2.00. The molecule has 0 aliphatic heterocycles. The van der Waals surface area contributed by atoms with E-state index < -0.39 is 0 Å². The highest BCUT2D eigenvalue weighted by molar-refractivity contribution is 7.81. The van der Waals surface area contributed by atoms with E-state index in [0.717, 1.165) is 16.1 Å². The summed E-state index contributed by atoms with van der Waals surface area (Å²) in [5.74, 6) is 0. The maximum atomic E-state index is 5.31. The minimum atomic E-state index is 0.828.